The highest BCUT2D eigenvalue weighted by molar-refractivity contribution is 7.89. The minimum absolute atomic E-state index is 0.0275. The molecule has 3 aromatic rings. The van der Waals surface area contributed by atoms with Crippen molar-refractivity contribution in [2.24, 2.45) is 0 Å². The van der Waals surface area contributed by atoms with Gasteiger partial charge in [0, 0.05) is 18.3 Å². The van der Waals surface area contributed by atoms with Crippen LogP contribution in [-0.4, -0.2) is 27.3 Å². The Bertz CT molecular complexity index is 1120. The van der Waals surface area contributed by atoms with Gasteiger partial charge >= 0.3 is 0 Å². The first-order valence-corrected chi connectivity index (χ1v) is 10.6. The molecular formula is C21H21N3O5S. The van der Waals surface area contributed by atoms with Gasteiger partial charge in [-0.15, -0.1) is 0 Å². The van der Waals surface area contributed by atoms with Crippen LogP contribution in [0, 0.1) is 0 Å². The summed E-state index contributed by atoms with van der Waals surface area (Å²) in [6.45, 7) is 0.0275. The number of amides is 2. The first-order chi connectivity index (χ1) is 14.4. The minimum Gasteiger partial charge on any atom is -0.468 e. The third-order valence-corrected chi connectivity index (χ3v) is 5.76. The maximum absolute atomic E-state index is 12.6. The van der Waals surface area contributed by atoms with Crippen LogP contribution < -0.4 is 15.4 Å². The molecule has 1 heterocycles. The van der Waals surface area contributed by atoms with E-state index in [9.17, 15) is 18.0 Å². The molecule has 2 amide bonds. The van der Waals surface area contributed by atoms with E-state index in [-0.39, 0.29) is 29.3 Å². The number of hydrogen-bond acceptors (Lipinski definition) is 5. The fourth-order valence-electron chi connectivity index (χ4n) is 2.70. The van der Waals surface area contributed by atoms with Gasteiger partial charge in [0.15, 0.2) is 0 Å². The van der Waals surface area contributed by atoms with Gasteiger partial charge in [0.1, 0.15) is 5.76 Å². The molecule has 30 heavy (non-hydrogen) atoms. The Balaban J connectivity index is 1.69. The van der Waals surface area contributed by atoms with Gasteiger partial charge in [-0.2, -0.15) is 0 Å². The molecule has 2 aromatic carbocycles. The minimum atomic E-state index is -3.75. The van der Waals surface area contributed by atoms with Crippen LogP contribution in [0.5, 0.6) is 0 Å². The van der Waals surface area contributed by atoms with Crippen molar-refractivity contribution in [1.29, 1.82) is 0 Å². The zero-order valence-corrected chi connectivity index (χ0v) is 17.0. The fourth-order valence-corrected chi connectivity index (χ4v) is 3.69. The van der Waals surface area contributed by atoms with Crippen LogP contribution in [0.2, 0.25) is 0 Å². The van der Waals surface area contributed by atoms with Crippen molar-refractivity contribution in [2.75, 3.05) is 12.4 Å². The number of rotatable bonds is 8. The zero-order valence-electron chi connectivity index (χ0n) is 16.2. The molecule has 3 rings (SSSR count). The molecule has 0 radical (unpaired) electrons. The smallest absolute Gasteiger partial charge is 0.255 e. The molecule has 0 saturated carbocycles. The number of para-hydroxylation sites is 1. The Kier molecular flexibility index (Phi) is 6.65. The predicted molar refractivity (Wildman–Crippen MR) is 111 cm³/mol. The van der Waals surface area contributed by atoms with Crippen molar-refractivity contribution < 1.29 is 22.4 Å². The maximum Gasteiger partial charge on any atom is 0.255 e. The van der Waals surface area contributed by atoms with Gasteiger partial charge in [-0.3, -0.25) is 9.59 Å². The largest absolute Gasteiger partial charge is 0.468 e. The summed E-state index contributed by atoms with van der Waals surface area (Å²) in [7, 11) is -2.20. The van der Waals surface area contributed by atoms with Crippen LogP contribution in [0.3, 0.4) is 0 Å². The summed E-state index contributed by atoms with van der Waals surface area (Å²) in [6, 6.07) is 15.9. The number of likely N-dealkylation sites (N-methyl/N-ethyl adjacent to an activating group) is 1. The second-order valence-corrected chi connectivity index (χ2v) is 8.16. The summed E-state index contributed by atoms with van der Waals surface area (Å²) < 4.78 is 32.3. The van der Waals surface area contributed by atoms with Gasteiger partial charge in [0.05, 0.1) is 24.1 Å². The molecule has 8 nitrogen and oxygen atoms in total. The summed E-state index contributed by atoms with van der Waals surface area (Å²) in [5.41, 5.74) is 1.48. The summed E-state index contributed by atoms with van der Waals surface area (Å²) in [6.07, 6.45) is 1.59. The molecular weight excluding hydrogens is 406 g/mol. The molecule has 9 heteroatoms. The number of furan rings is 1. The molecule has 0 aliphatic heterocycles. The van der Waals surface area contributed by atoms with Gasteiger partial charge in [0.2, 0.25) is 15.9 Å². The number of nitrogens with one attached hydrogen (secondary N) is 3. The molecule has 0 atom stereocenters. The first kappa shape index (κ1) is 21.3. The second kappa shape index (κ2) is 9.38. The molecule has 3 N–H and O–H groups in total. The van der Waals surface area contributed by atoms with E-state index >= 15 is 0 Å². The highest BCUT2D eigenvalue weighted by atomic mass is 32.2. The number of anilines is 1. The SMILES string of the molecule is CNC(=O)Cc1ccccc1NC(=O)c1ccc(S(=O)(=O)NCc2ccco2)cc1. The Labute approximate surface area is 174 Å². The molecule has 0 fully saturated rings. The van der Waals surface area contributed by atoms with Crippen LogP contribution in [0.4, 0.5) is 5.69 Å². The molecule has 156 valence electrons. The normalized spacial score (nSPS) is 11.1. The molecule has 0 bridgehead atoms. The molecule has 0 spiro atoms. The average molecular weight is 427 g/mol. The van der Waals surface area contributed by atoms with Gasteiger partial charge in [-0.1, -0.05) is 18.2 Å². The van der Waals surface area contributed by atoms with Crippen molar-refractivity contribution in [3.63, 3.8) is 0 Å². The third-order valence-electron chi connectivity index (χ3n) is 4.34. The van der Waals surface area contributed by atoms with Crippen LogP contribution in [-0.2, 0) is 27.8 Å². The van der Waals surface area contributed by atoms with Gasteiger partial charge in [0.25, 0.3) is 5.91 Å². The van der Waals surface area contributed by atoms with E-state index in [1.807, 2.05) is 0 Å². The maximum atomic E-state index is 12.6. The molecule has 0 unspecified atom stereocenters. The molecule has 1 aromatic heterocycles. The van der Waals surface area contributed by atoms with E-state index in [0.29, 0.717) is 17.0 Å². The average Bonchev–Trinajstić information content (AvgIpc) is 3.27. The van der Waals surface area contributed by atoms with Crippen molar-refractivity contribution in [3.05, 3.63) is 83.8 Å². The van der Waals surface area contributed by atoms with Crippen molar-refractivity contribution in [1.82, 2.24) is 10.0 Å². The van der Waals surface area contributed by atoms with E-state index in [4.69, 9.17) is 4.42 Å². The number of sulfonamides is 1. The lowest BCUT2D eigenvalue weighted by molar-refractivity contribution is -0.119. The molecule has 0 aliphatic rings. The number of benzene rings is 2. The van der Waals surface area contributed by atoms with Crippen molar-refractivity contribution in [2.45, 2.75) is 17.9 Å². The Morgan fingerprint density at radius 1 is 0.967 bits per heavy atom. The monoisotopic (exact) mass is 427 g/mol. The Hall–Kier alpha value is -3.43. The van der Waals surface area contributed by atoms with Gasteiger partial charge < -0.3 is 15.1 Å². The van der Waals surface area contributed by atoms with Crippen LogP contribution in [0.1, 0.15) is 21.7 Å². The lowest BCUT2D eigenvalue weighted by atomic mass is 10.1. The quantitative estimate of drug-likeness (QED) is 0.510. The highest BCUT2D eigenvalue weighted by Gasteiger charge is 2.16. The van der Waals surface area contributed by atoms with Crippen molar-refractivity contribution >= 4 is 27.5 Å². The van der Waals surface area contributed by atoms with Crippen molar-refractivity contribution in [3.8, 4) is 0 Å². The third kappa shape index (κ3) is 5.34. The molecule has 0 aliphatic carbocycles. The summed E-state index contributed by atoms with van der Waals surface area (Å²) in [4.78, 5) is 24.3. The van der Waals surface area contributed by atoms with E-state index < -0.39 is 15.9 Å². The summed E-state index contributed by atoms with van der Waals surface area (Å²) >= 11 is 0. The zero-order chi connectivity index (χ0) is 21.6. The highest BCUT2D eigenvalue weighted by Crippen LogP contribution is 2.18. The van der Waals surface area contributed by atoms with Gasteiger partial charge in [-0.25, -0.2) is 13.1 Å². The Morgan fingerprint density at radius 3 is 2.37 bits per heavy atom. The Morgan fingerprint density at radius 2 is 1.70 bits per heavy atom. The predicted octanol–water partition coefficient (Wildman–Crippen LogP) is 2.30. The number of carbonyl (C=O) groups excluding carboxylic acids is 2. The van der Waals surface area contributed by atoms with Crippen LogP contribution in [0.15, 0.2) is 76.2 Å². The summed E-state index contributed by atoms with van der Waals surface area (Å²) in [5.74, 6) is -0.0925. The number of hydrogen-bond donors (Lipinski definition) is 3. The topological polar surface area (TPSA) is 118 Å². The van der Waals surface area contributed by atoms with Crippen LogP contribution >= 0.6 is 0 Å². The van der Waals surface area contributed by atoms with E-state index in [2.05, 4.69) is 15.4 Å². The van der Waals surface area contributed by atoms with E-state index in [1.54, 1.807) is 43.4 Å². The number of carbonyl (C=O) groups is 2. The van der Waals surface area contributed by atoms with E-state index in [1.165, 1.54) is 30.5 Å². The summed E-state index contributed by atoms with van der Waals surface area (Å²) in [5, 5.41) is 5.31. The van der Waals surface area contributed by atoms with E-state index in [0.717, 1.165) is 0 Å². The van der Waals surface area contributed by atoms with Gasteiger partial charge in [-0.05, 0) is 48.0 Å². The molecule has 0 saturated heterocycles. The first-order valence-electron chi connectivity index (χ1n) is 9.11. The lowest BCUT2D eigenvalue weighted by Crippen LogP contribution is -2.23. The standard InChI is InChI=1S/C21H21N3O5S/c1-22-20(25)13-16-5-2-3-7-19(16)24-21(26)15-8-10-18(11-9-15)30(27,28)23-14-17-6-4-12-29-17/h2-12,23H,13-14H2,1H3,(H,22,25)(H,24,26). The van der Waals surface area contributed by atoms with Crippen LogP contribution in [0.25, 0.3) is 0 Å². The fraction of sp³-hybridized carbons (Fsp3) is 0.143. The lowest BCUT2D eigenvalue weighted by Gasteiger charge is -2.11. The second-order valence-electron chi connectivity index (χ2n) is 6.39.